The SMILES string of the molecule is Cc1ccc(N(c2ccc(C)cc2)c2cc(OCC(C)(O)O)ccc2/C=C\c2ccccc2)cc1. The van der Waals surface area contributed by atoms with Gasteiger partial charge in [-0.25, -0.2) is 0 Å². The third-order valence-electron chi connectivity index (χ3n) is 5.59. The first-order chi connectivity index (χ1) is 16.8. The third-order valence-corrected chi connectivity index (χ3v) is 5.59. The molecule has 0 aliphatic heterocycles. The van der Waals surface area contributed by atoms with Crippen LogP contribution in [0.5, 0.6) is 5.75 Å². The van der Waals surface area contributed by atoms with Crippen molar-refractivity contribution >= 4 is 29.2 Å². The number of rotatable bonds is 8. The van der Waals surface area contributed by atoms with Crippen molar-refractivity contribution in [3.63, 3.8) is 0 Å². The molecule has 0 fully saturated rings. The molecule has 4 heteroatoms. The highest BCUT2D eigenvalue weighted by molar-refractivity contribution is 5.86. The maximum Gasteiger partial charge on any atom is 0.194 e. The van der Waals surface area contributed by atoms with Crippen LogP contribution >= 0.6 is 0 Å². The Kier molecular flexibility index (Phi) is 7.35. The van der Waals surface area contributed by atoms with Gasteiger partial charge in [-0.15, -0.1) is 0 Å². The van der Waals surface area contributed by atoms with Crippen molar-refractivity contribution in [1.29, 1.82) is 0 Å². The molecule has 2 N–H and O–H groups in total. The highest BCUT2D eigenvalue weighted by Gasteiger charge is 2.19. The van der Waals surface area contributed by atoms with E-state index in [4.69, 9.17) is 4.74 Å². The molecular formula is C31H31NO3. The first kappa shape index (κ1) is 24.3. The molecule has 0 saturated heterocycles. The Labute approximate surface area is 207 Å². The fourth-order valence-corrected chi connectivity index (χ4v) is 3.73. The average Bonchev–Trinajstić information content (AvgIpc) is 2.85. The zero-order chi connectivity index (χ0) is 24.8. The van der Waals surface area contributed by atoms with Crippen LogP contribution in [0, 0.1) is 13.8 Å². The maximum absolute atomic E-state index is 9.74. The highest BCUT2D eigenvalue weighted by Crippen LogP contribution is 2.39. The minimum Gasteiger partial charge on any atom is -0.488 e. The lowest BCUT2D eigenvalue weighted by Crippen LogP contribution is -2.31. The van der Waals surface area contributed by atoms with Crippen LogP contribution in [0.3, 0.4) is 0 Å². The molecule has 0 atom stereocenters. The van der Waals surface area contributed by atoms with Crippen LogP contribution in [0.25, 0.3) is 12.2 Å². The molecule has 0 aliphatic carbocycles. The first-order valence-electron chi connectivity index (χ1n) is 11.7. The van der Waals surface area contributed by atoms with Crippen LogP contribution < -0.4 is 9.64 Å². The van der Waals surface area contributed by atoms with Crippen molar-refractivity contribution in [2.24, 2.45) is 0 Å². The van der Waals surface area contributed by atoms with E-state index >= 15 is 0 Å². The van der Waals surface area contributed by atoms with Gasteiger partial charge in [-0.05, 0) is 68.3 Å². The van der Waals surface area contributed by atoms with Gasteiger partial charge in [0.25, 0.3) is 0 Å². The Hall–Kier alpha value is -3.86. The normalized spacial score (nSPS) is 11.6. The monoisotopic (exact) mass is 465 g/mol. The summed E-state index contributed by atoms with van der Waals surface area (Å²) in [6, 6.07) is 32.7. The predicted octanol–water partition coefficient (Wildman–Crippen LogP) is 7.02. The molecule has 0 radical (unpaired) electrons. The van der Waals surface area contributed by atoms with E-state index in [2.05, 4.69) is 91.6 Å². The van der Waals surface area contributed by atoms with E-state index in [1.807, 2.05) is 36.4 Å². The fraction of sp³-hybridized carbons (Fsp3) is 0.161. The molecule has 0 aliphatic rings. The van der Waals surface area contributed by atoms with Gasteiger partial charge >= 0.3 is 0 Å². The molecule has 4 aromatic rings. The summed E-state index contributed by atoms with van der Waals surface area (Å²) < 4.78 is 5.74. The molecule has 0 unspecified atom stereocenters. The van der Waals surface area contributed by atoms with Gasteiger partial charge in [-0.2, -0.15) is 0 Å². The zero-order valence-corrected chi connectivity index (χ0v) is 20.3. The standard InChI is InChI=1S/C31H31NO3/c1-23-9-16-27(17-10-23)32(28-18-11-24(2)12-19-28)30-21-29(35-22-31(3,33)34)20-15-26(30)14-13-25-7-5-4-6-8-25/h4-21,33-34H,22H2,1-3H3/b14-13-. The van der Waals surface area contributed by atoms with E-state index in [1.165, 1.54) is 18.1 Å². The molecule has 0 amide bonds. The molecule has 0 bridgehead atoms. The van der Waals surface area contributed by atoms with Crippen molar-refractivity contribution in [3.8, 4) is 5.75 Å². The van der Waals surface area contributed by atoms with E-state index in [-0.39, 0.29) is 6.61 Å². The molecule has 0 aromatic heterocycles. The summed E-state index contributed by atoms with van der Waals surface area (Å²) in [5, 5.41) is 19.5. The summed E-state index contributed by atoms with van der Waals surface area (Å²) in [7, 11) is 0. The quantitative estimate of drug-likeness (QED) is 0.217. The van der Waals surface area contributed by atoms with E-state index in [9.17, 15) is 10.2 Å². The van der Waals surface area contributed by atoms with E-state index < -0.39 is 5.79 Å². The van der Waals surface area contributed by atoms with Gasteiger partial charge in [0, 0.05) is 17.4 Å². The smallest absolute Gasteiger partial charge is 0.194 e. The summed E-state index contributed by atoms with van der Waals surface area (Å²) in [6.45, 7) is 5.21. The number of nitrogens with zero attached hydrogens (tertiary/aromatic N) is 1. The predicted molar refractivity (Wildman–Crippen MR) is 144 cm³/mol. The van der Waals surface area contributed by atoms with Crippen LogP contribution in [-0.2, 0) is 0 Å². The Morgan fingerprint density at radius 2 is 1.31 bits per heavy atom. The van der Waals surface area contributed by atoms with Gasteiger partial charge in [-0.1, -0.05) is 77.9 Å². The van der Waals surface area contributed by atoms with E-state index in [0.717, 1.165) is 28.2 Å². The van der Waals surface area contributed by atoms with E-state index in [1.54, 1.807) is 0 Å². The Bertz CT molecular complexity index is 1230. The van der Waals surface area contributed by atoms with Gasteiger partial charge < -0.3 is 19.8 Å². The second-order valence-corrected chi connectivity index (χ2v) is 8.98. The topological polar surface area (TPSA) is 52.9 Å². The van der Waals surface area contributed by atoms with Gasteiger partial charge in [0.05, 0.1) is 5.69 Å². The van der Waals surface area contributed by atoms with E-state index in [0.29, 0.717) is 5.75 Å². The van der Waals surface area contributed by atoms with Gasteiger partial charge in [0.1, 0.15) is 12.4 Å². The number of aryl methyl sites for hydroxylation is 2. The number of benzene rings is 4. The average molecular weight is 466 g/mol. The highest BCUT2D eigenvalue weighted by atomic mass is 16.6. The third kappa shape index (κ3) is 6.60. The van der Waals surface area contributed by atoms with Crippen molar-refractivity contribution < 1.29 is 14.9 Å². The van der Waals surface area contributed by atoms with Crippen molar-refractivity contribution in [3.05, 3.63) is 119 Å². The number of hydrogen-bond donors (Lipinski definition) is 2. The maximum atomic E-state index is 9.74. The number of ether oxygens (including phenoxy) is 1. The summed E-state index contributed by atoms with van der Waals surface area (Å²) in [5.41, 5.74) is 7.42. The Morgan fingerprint density at radius 1 is 0.743 bits per heavy atom. The van der Waals surface area contributed by atoms with Crippen molar-refractivity contribution in [1.82, 2.24) is 0 Å². The number of aliphatic hydroxyl groups is 2. The number of anilines is 3. The molecule has 0 saturated carbocycles. The molecule has 178 valence electrons. The second kappa shape index (κ2) is 10.6. The summed E-state index contributed by atoms with van der Waals surface area (Å²) >= 11 is 0. The molecule has 35 heavy (non-hydrogen) atoms. The number of hydrogen-bond acceptors (Lipinski definition) is 4. The lowest BCUT2D eigenvalue weighted by molar-refractivity contribution is -0.165. The molecular weight excluding hydrogens is 434 g/mol. The minimum absolute atomic E-state index is 0.235. The molecule has 0 spiro atoms. The van der Waals surface area contributed by atoms with Crippen molar-refractivity contribution in [2.45, 2.75) is 26.6 Å². The van der Waals surface area contributed by atoms with Crippen LogP contribution in [0.4, 0.5) is 17.1 Å². The Balaban J connectivity index is 1.85. The fourth-order valence-electron chi connectivity index (χ4n) is 3.73. The van der Waals surface area contributed by atoms with Crippen molar-refractivity contribution in [2.75, 3.05) is 11.5 Å². The summed E-state index contributed by atoms with van der Waals surface area (Å²) in [6.07, 6.45) is 4.17. The summed E-state index contributed by atoms with van der Waals surface area (Å²) in [4.78, 5) is 2.19. The molecule has 0 heterocycles. The van der Waals surface area contributed by atoms with Crippen LogP contribution in [0.15, 0.2) is 97.1 Å². The van der Waals surface area contributed by atoms with Gasteiger partial charge in [-0.3, -0.25) is 0 Å². The largest absolute Gasteiger partial charge is 0.488 e. The van der Waals surface area contributed by atoms with Crippen LogP contribution in [-0.4, -0.2) is 22.6 Å². The van der Waals surface area contributed by atoms with Crippen LogP contribution in [0.2, 0.25) is 0 Å². The zero-order valence-electron chi connectivity index (χ0n) is 20.3. The summed E-state index contributed by atoms with van der Waals surface area (Å²) in [5.74, 6) is -1.37. The Morgan fingerprint density at radius 3 is 1.86 bits per heavy atom. The van der Waals surface area contributed by atoms with Crippen LogP contribution in [0.1, 0.15) is 29.2 Å². The van der Waals surface area contributed by atoms with Gasteiger partial charge in [0.15, 0.2) is 5.79 Å². The lowest BCUT2D eigenvalue weighted by Gasteiger charge is -2.28. The molecule has 4 nitrogen and oxygen atoms in total. The second-order valence-electron chi connectivity index (χ2n) is 8.98. The molecule has 4 rings (SSSR count). The molecule has 4 aromatic carbocycles. The van der Waals surface area contributed by atoms with Gasteiger partial charge in [0.2, 0.25) is 0 Å². The lowest BCUT2D eigenvalue weighted by atomic mass is 10.1. The first-order valence-corrected chi connectivity index (χ1v) is 11.7. The minimum atomic E-state index is -1.92.